The van der Waals surface area contributed by atoms with E-state index in [0.29, 0.717) is 18.4 Å². The second kappa shape index (κ2) is 7.01. The van der Waals surface area contributed by atoms with Crippen LogP contribution in [0.1, 0.15) is 61.3 Å². The van der Waals surface area contributed by atoms with Crippen molar-refractivity contribution in [3.05, 3.63) is 11.6 Å². The molecule has 0 radical (unpaired) electrons. The zero-order valence-corrected chi connectivity index (χ0v) is 14.2. The third-order valence-corrected chi connectivity index (χ3v) is 2.67. The fraction of sp³-hybridized carbons (Fsp3) is 0.812. The Bertz CT molecular complexity index is 386. The van der Waals surface area contributed by atoms with Gasteiger partial charge in [-0.1, -0.05) is 0 Å². The van der Waals surface area contributed by atoms with Crippen molar-refractivity contribution in [2.45, 2.75) is 84.7 Å². The van der Waals surface area contributed by atoms with Crippen molar-refractivity contribution >= 4 is 5.78 Å². The molecule has 0 aromatic heterocycles. The first-order chi connectivity index (χ1) is 9.48. The van der Waals surface area contributed by atoms with Gasteiger partial charge in [0.1, 0.15) is 12.2 Å². The van der Waals surface area contributed by atoms with Gasteiger partial charge in [0.05, 0.1) is 11.2 Å². The first kappa shape index (κ1) is 18.3. The molecule has 0 heterocycles. The molecule has 0 saturated carbocycles. The van der Waals surface area contributed by atoms with Crippen molar-refractivity contribution in [1.82, 2.24) is 0 Å². The summed E-state index contributed by atoms with van der Waals surface area (Å²) >= 11 is 0. The molecule has 0 fully saturated rings. The van der Waals surface area contributed by atoms with Gasteiger partial charge in [0.25, 0.3) is 0 Å². The maximum Gasteiger partial charge on any atom is 0.158 e. The van der Waals surface area contributed by atoms with Gasteiger partial charge in [0, 0.05) is 5.57 Å². The minimum Gasteiger partial charge on any atom is -0.295 e. The predicted octanol–water partition coefficient (Wildman–Crippen LogP) is 3.53. The van der Waals surface area contributed by atoms with Gasteiger partial charge in [-0.25, -0.2) is 19.6 Å². The number of ketones is 1. The van der Waals surface area contributed by atoms with E-state index in [2.05, 4.69) is 0 Å². The molecule has 0 N–H and O–H groups in total. The summed E-state index contributed by atoms with van der Waals surface area (Å²) < 4.78 is 0. The van der Waals surface area contributed by atoms with E-state index in [4.69, 9.17) is 19.6 Å². The Morgan fingerprint density at radius 3 is 2.00 bits per heavy atom. The molecule has 5 heteroatoms. The summed E-state index contributed by atoms with van der Waals surface area (Å²) in [5, 5.41) is 0. The smallest absolute Gasteiger partial charge is 0.158 e. The lowest BCUT2D eigenvalue weighted by molar-refractivity contribution is -0.378. The number of hydrogen-bond donors (Lipinski definition) is 0. The van der Waals surface area contributed by atoms with Crippen LogP contribution in [-0.2, 0) is 24.3 Å². The molecule has 1 aliphatic carbocycles. The van der Waals surface area contributed by atoms with Crippen LogP contribution in [-0.4, -0.2) is 29.2 Å². The van der Waals surface area contributed by atoms with Crippen LogP contribution in [0.25, 0.3) is 0 Å². The van der Waals surface area contributed by atoms with Crippen molar-refractivity contribution in [3.63, 3.8) is 0 Å². The second-order valence-corrected chi connectivity index (χ2v) is 7.37. The van der Waals surface area contributed by atoms with E-state index >= 15 is 0 Å². The van der Waals surface area contributed by atoms with Crippen LogP contribution in [0.15, 0.2) is 11.6 Å². The van der Waals surface area contributed by atoms with Crippen LogP contribution < -0.4 is 0 Å². The molecule has 0 saturated heterocycles. The minimum atomic E-state index is -0.412. The summed E-state index contributed by atoms with van der Waals surface area (Å²) in [5.74, 6) is -0.0402. The van der Waals surface area contributed by atoms with Crippen molar-refractivity contribution in [1.29, 1.82) is 0 Å². The van der Waals surface area contributed by atoms with E-state index in [-0.39, 0.29) is 23.6 Å². The summed E-state index contributed by atoms with van der Waals surface area (Å²) in [6, 6.07) is 0. The minimum absolute atomic E-state index is 0.0402. The van der Waals surface area contributed by atoms with Gasteiger partial charge in [0.2, 0.25) is 0 Å². The third kappa shape index (κ3) is 7.18. The number of hydrogen-bond acceptors (Lipinski definition) is 5. The van der Waals surface area contributed by atoms with E-state index in [1.165, 1.54) is 6.92 Å². The monoisotopic (exact) mass is 300 g/mol. The van der Waals surface area contributed by atoms with Gasteiger partial charge in [-0.2, -0.15) is 0 Å². The first-order valence-electron chi connectivity index (χ1n) is 7.39. The largest absolute Gasteiger partial charge is 0.295 e. The standard InChI is InChI=1S/C16H28O5/c1-11(17)13-10-12(18-20-15(2,3)4)8-9-14(13)19-21-16(5,6)7/h10,12,14H,8-9H2,1-7H3. The van der Waals surface area contributed by atoms with Crippen LogP contribution in [0, 0.1) is 0 Å². The summed E-state index contributed by atoms with van der Waals surface area (Å²) in [7, 11) is 0. The molecule has 21 heavy (non-hydrogen) atoms. The SMILES string of the molecule is CC(=O)C1=CC(OOC(C)(C)C)CCC1OOC(C)(C)C. The first-order valence-corrected chi connectivity index (χ1v) is 7.39. The van der Waals surface area contributed by atoms with Crippen LogP contribution in [0.2, 0.25) is 0 Å². The molecular formula is C16H28O5. The summed E-state index contributed by atoms with van der Waals surface area (Å²) in [6.45, 7) is 13.0. The van der Waals surface area contributed by atoms with Gasteiger partial charge >= 0.3 is 0 Å². The Hall–Kier alpha value is -0.750. The van der Waals surface area contributed by atoms with Crippen LogP contribution in [0.5, 0.6) is 0 Å². The summed E-state index contributed by atoms with van der Waals surface area (Å²) in [6.07, 6.45) is 2.55. The van der Waals surface area contributed by atoms with E-state index in [9.17, 15) is 4.79 Å². The number of carbonyl (C=O) groups is 1. The molecule has 0 spiro atoms. The van der Waals surface area contributed by atoms with Crippen LogP contribution in [0.4, 0.5) is 0 Å². The molecule has 122 valence electrons. The van der Waals surface area contributed by atoms with Gasteiger partial charge in [0.15, 0.2) is 5.78 Å². The maximum atomic E-state index is 11.8. The average molecular weight is 300 g/mol. The molecule has 0 aromatic carbocycles. The van der Waals surface area contributed by atoms with E-state index in [1.807, 2.05) is 41.5 Å². The molecule has 2 atom stereocenters. The van der Waals surface area contributed by atoms with Gasteiger partial charge < -0.3 is 0 Å². The van der Waals surface area contributed by atoms with Gasteiger partial charge in [-0.05, 0) is 67.4 Å². The summed E-state index contributed by atoms with van der Waals surface area (Å²) in [4.78, 5) is 33.3. The van der Waals surface area contributed by atoms with Crippen LogP contribution in [0.3, 0.4) is 0 Å². The highest BCUT2D eigenvalue weighted by molar-refractivity contribution is 5.94. The van der Waals surface area contributed by atoms with Crippen molar-refractivity contribution in [2.75, 3.05) is 0 Å². The number of Topliss-reactive ketones (excluding diaryl/α,β-unsaturated/α-hetero) is 1. The third-order valence-electron chi connectivity index (χ3n) is 2.67. The van der Waals surface area contributed by atoms with Crippen molar-refractivity contribution < 1.29 is 24.3 Å². The Labute approximate surface area is 127 Å². The Balaban J connectivity index is 2.68. The van der Waals surface area contributed by atoms with E-state index in [1.54, 1.807) is 6.08 Å². The van der Waals surface area contributed by atoms with Crippen LogP contribution >= 0.6 is 0 Å². The molecule has 0 aliphatic heterocycles. The van der Waals surface area contributed by atoms with Gasteiger partial charge in [-0.15, -0.1) is 0 Å². The molecule has 1 rings (SSSR count). The fourth-order valence-corrected chi connectivity index (χ4v) is 1.79. The molecule has 5 nitrogen and oxygen atoms in total. The molecule has 0 bridgehead atoms. The lowest BCUT2D eigenvalue weighted by atomic mass is 9.92. The van der Waals surface area contributed by atoms with E-state index in [0.717, 1.165) is 0 Å². The lowest BCUT2D eigenvalue weighted by Crippen LogP contribution is -2.33. The van der Waals surface area contributed by atoms with Crippen molar-refractivity contribution in [3.8, 4) is 0 Å². The van der Waals surface area contributed by atoms with Crippen molar-refractivity contribution in [2.24, 2.45) is 0 Å². The molecule has 2 unspecified atom stereocenters. The Morgan fingerprint density at radius 2 is 1.52 bits per heavy atom. The highest BCUT2D eigenvalue weighted by atomic mass is 17.2. The summed E-state index contributed by atoms with van der Waals surface area (Å²) in [5.41, 5.74) is -0.217. The molecule has 0 aromatic rings. The second-order valence-electron chi connectivity index (χ2n) is 7.37. The fourth-order valence-electron chi connectivity index (χ4n) is 1.79. The normalized spacial score (nSPS) is 23.9. The van der Waals surface area contributed by atoms with E-state index < -0.39 is 5.60 Å². The highest BCUT2D eigenvalue weighted by Crippen LogP contribution is 2.27. The highest BCUT2D eigenvalue weighted by Gasteiger charge is 2.30. The predicted molar refractivity (Wildman–Crippen MR) is 79.4 cm³/mol. The molecule has 0 amide bonds. The quantitative estimate of drug-likeness (QED) is 0.574. The zero-order chi connectivity index (χ0) is 16.3. The molecular weight excluding hydrogens is 272 g/mol. The topological polar surface area (TPSA) is 54.0 Å². The Morgan fingerprint density at radius 1 is 1.00 bits per heavy atom. The maximum absolute atomic E-state index is 11.8. The average Bonchev–Trinajstić information content (AvgIpc) is 2.32. The lowest BCUT2D eigenvalue weighted by Gasteiger charge is -2.30. The van der Waals surface area contributed by atoms with Gasteiger partial charge in [-0.3, -0.25) is 4.79 Å². The molecule has 1 aliphatic rings. The number of carbonyl (C=O) groups excluding carboxylic acids is 1. The Kier molecular flexibility index (Phi) is 6.11. The zero-order valence-electron chi connectivity index (χ0n) is 14.2. The number of rotatable bonds is 5.